The van der Waals surface area contributed by atoms with Crippen LogP contribution < -0.4 is 4.57 Å². The van der Waals surface area contributed by atoms with Crippen LogP contribution in [-0.2, 0) is 18.5 Å². The van der Waals surface area contributed by atoms with E-state index >= 15 is 0 Å². The van der Waals surface area contributed by atoms with E-state index in [1.807, 2.05) is 19.4 Å². The molecule has 74 valence electrons. The Morgan fingerprint density at radius 1 is 1.54 bits per heavy atom. The number of aromatic nitrogens is 2. The van der Waals surface area contributed by atoms with Gasteiger partial charge in [-0.3, -0.25) is 0 Å². The number of hydrogen-bond acceptors (Lipinski definition) is 1. The Bertz CT molecular complexity index is 255. The summed E-state index contributed by atoms with van der Waals surface area (Å²) in [6.45, 7) is 5.79. The molecule has 0 fully saturated rings. The quantitative estimate of drug-likeness (QED) is 0.498. The molecule has 3 heteroatoms. The van der Waals surface area contributed by atoms with Crippen molar-refractivity contribution in [2.45, 2.75) is 33.4 Å². The molecule has 0 bridgehead atoms. The number of nitrogens with zero attached hydrogens (tertiary/aromatic N) is 2. The zero-order chi connectivity index (χ0) is 9.68. The molecule has 0 amide bonds. The average molecular weight is 183 g/mol. The molecule has 0 aliphatic heterocycles. The molecule has 0 N–H and O–H groups in total. The maximum absolute atomic E-state index is 5.50. The van der Waals surface area contributed by atoms with E-state index < -0.39 is 0 Å². The second kappa shape index (κ2) is 5.02. The first kappa shape index (κ1) is 10.3. The van der Waals surface area contributed by atoms with Crippen molar-refractivity contribution in [1.29, 1.82) is 0 Å². The smallest absolute Gasteiger partial charge is 0.254 e. The first-order valence-corrected chi connectivity index (χ1v) is 4.84. The second-order valence-electron chi connectivity index (χ2n) is 3.32. The Balaban J connectivity index is 2.32. The van der Waals surface area contributed by atoms with Crippen molar-refractivity contribution in [2.24, 2.45) is 7.05 Å². The number of hydrogen-bond donors (Lipinski definition) is 0. The van der Waals surface area contributed by atoms with E-state index in [0.717, 1.165) is 13.0 Å². The van der Waals surface area contributed by atoms with Gasteiger partial charge in [-0.25, -0.2) is 9.13 Å². The zero-order valence-corrected chi connectivity index (χ0v) is 8.79. The van der Waals surface area contributed by atoms with E-state index in [4.69, 9.17) is 4.74 Å². The van der Waals surface area contributed by atoms with Crippen molar-refractivity contribution >= 4 is 0 Å². The molecular weight excluding hydrogens is 164 g/mol. The predicted octanol–water partition coefficient (Wildman–Crippen LogP) is 1.40. The normalized spacial score (nSPS) is 10.7. The fourth-order valence-electron chi connectivity index (χ4n) is 1.14. The van der Waals surface area contributed by atoms with Crippen molar-refractivity contribution in [1.82, 2.24) is 4.57 Å². The second-order valence-corrected chi connectivity index (χ2v) is 3.32. The van der Waals surface area contributed by atoms with Gasteiger partial charge in [0.2, 0.25) is 0 Å². The standard InChI is InChI=1S/C10H19N2O/c1-4-5-8-13-9-12-7-6-11(3)10(12)2/h6-7H,4-5,8-9H2,1-3H3/q+1. The molecule has 0 unspecified atom stereocenters. The van der Waals surface area contributed by atoms with Gasteiger partial charge in [0.05, 0.1) is 13.7 Å². The van der Waals surface area contributed by atoms with E-state index in [0.29, 0.717) is 6.73 Å². The minimum Gasteiger partial charge on any atom is -0.342 e. The Labute approximate surface area is 79.9 Å². The number of aryl methyl sites for hydroxylation is 1. The summed E-state index contributed by atoms with van der Waals surface area (Å²) in [4.78, 5) is 0. The summed E-state index contributed by atoms with van der Waals surface area (Å²) in [6, 6.07) is 0. The van der Waals surface area contributed by atoms with E-state index in [1.165, 1.54) is 12.2 Å². The molecule has 0 saturated carbocycles. The van der Waals surface area contributed by atoms with Crippen LogP contribution in [0.4, 0.5) is 0 Å². The lowest BCUT2D eigenvalue weighted by Crippen LogP contribution is -2.29. The molecule has 0 atom stereocenters. The van der Waals surface area contributed by atoms with Gasteiger partial charge in [0.15, 0.2) is 6.73 Å². The SMILES string of the molecule is CCCCOCn1cc[n+](C)c1C. The molecule has 1 aromatic rings. The number of unbranched alkanes of at least 4 members (excludes halogenated alkanes) is 1. The van der Waals surface area contributed by atoms with Gasteiger partial charge in [-0.2, -0.15) is 0 Å². The van der Waals surface area contributed by atoms with E-state index in [-0.39, 0.29) is 0 Å². The van der Waals surface area contributed by atoms with Crippen LogP contribution in [0.5, 0.6) is 0 Å². The molecule has 1 heterocycles. The third kappa shape index (κ3) is 2.84. The molecule has 0 spiro atoms. The monoisotopic (exact) mass is 183 g/mol. The molecule has 1 rings (SSSR count). The summed E-state index contributed by atoms with van der Waals surface area (Å²) in [5.74, 6) is 1.22. The van der Waals surface area contributed by atoms with Gasteiger partial charge in [0.25, 0.3) is 5.82 Å². The van der Waals surface area contributed by atoms with E-state index in [9.17, 15) is 0 Å². The lowest BCUT2D eigenvalue weighted by molar-refractivity contribution is -0.677. The molecule has 1 aromatic heterocycles. The van der Waals surface area contributed by atoms with Gasteiger partial charge in [-0.1, -0.05) is 13.3 Å². The van der Waals surface area contributed by atoms with Crippen molar-refractivity contribution in [2.75, 3.05) is 6.61 Å². The van der Waals surface area contributed by atoms with Gasteiger partial charge < -0.3 is 4.74 Å². The summed E-state index contributed by atoms with van der Waals surface area (Å²) in [6.07, 6.45) is 6.42. The predicted molar refractivity (Wildman–Crippen MR) is 51.2 cm³/mol. The lowest BCUT2D eigenvalue weighted by atomic mass is 10.4. The summed E-state index contributed by atoms with van der Waals surface area (Å²) >= 11 is 0. The van der Waals surface area contributed by atoms with Crippen molar-refractivity contribution in [3.8, 4) is 0 Å². The van der Waals surface area contributed by atoms with Gasteiger partial charge in [0, 0.05) is 6.92 Å². The van der Waals surface area contributed by atoms with Gasteiger partial charge in [-0.05, 0) is 6.42 Å². The molecule has 0 saturated heterocycles. The summed E-state index contributed by atoms with van der Waals surface area (Å²) in [5.41, 5.74) is 0. The van der Waals surface area contributed by atoms with E-state index in [2.05, 4.69) is 23.0 Å². The first-order valence-electron chi connectivity index (χ1n) is 4.84. The van der Waals surface area contributed by atoms with E-state index in [1.54, 1.807) is 0 Å². The molecule has 0 aliphatic carbocycles. The Hall–Kier alpha value is -0.830. The molecule has 13 heavy (non-hydrogen) atoms. The topological polar surface area (TPSA) is 18.0 Å². The fraction of sp³-hybridized carbons (Fsp3) is 0.700. The van der Waals surface area contributed by atoms with Crippen LogP contribution in [0.3, 0.4) is 0 Å². The highest BCUT2D eigenvalue weighted by Gasteiger charge is 2.07. The van der Waals surface area contributed by atoms with Gasteiger partial charge >= 0.3 is 0 Å². The largest absolute Gasteiger partial charge is 0.342 e. The molecule has 0 radical (unpaired) electrons. The maximum Gasteiger partial charge on any atom is 0.254 e. The van der Waals surface area contributed by atoms with Gasteiger partial charge in [0.1, 0.15) is 12.4 Å². The van der Waals surface area contributed by atoms with Crippen LogP contribution >= 0.6 is 0 Å². The van der Waals surface area contributed by atoms with Crippen molar-refractivity contribution in [3.63, 3.8) is 0 Å². The number of imidazole rings is 1. The highest BCUT2D eigenvalue weighted by atomic mass is 16.5. The molecule has 0 aromatic carbocycles. The molecule has 3 nitrogen and oxygen atoms in total. The van der Waals surface area contributed by atoms with Gasteiger partial charge in [-0.15, -0.1) is 0 Å². The van der Waals surface area contributed by atoms with Crippen LogP contribution in [-0.4, -0.2) is 11.2 Å². The Morgan fingerprint density at radius 2 is 2.31 bits per heavy atom. The minimum absolute atomic E-state index is 0.673. The summed E-state index contributed by atoms with van der Waals surface area (Å²) < 4.78 is 9.70. The number of ether oxygens (including phenoxy) is 1. The van der Waals surface area contributed by atoms with Crippen LogP contribution in [0.1, 0.15) is 25.6 Å². The summed E-state index contributed by atoms with van der Waals surface area (Å²) in [7, 11) is 2.04. The summed E-state index contributed by atoms with van der Waals surface area (Å²) in [5, 5.41) is 0. The highest BCUT2D eigenvalue weighted by Crippen LogP contribution is 1.95. The lowest BCUT2D eigenvalue weighted by Gasteiger charge is -2.00. The fourth-order valence-corrected chi connectivity index (χ4v) is 1.14. The third-order valence-corrected chi connectivity index (χ3v) is 2.27. The average Bonchev–Trinajstić information content (AvgIpc) is 2.43. The molecular formula is C10H19N2O+. The van der Waals surface area contributed by atoms with Crippen molar-refractivity contribution in [3.05, 3.63) is 18.2 Å². The van der Waals surface area contributed by atoms with Crippen molar-refractivity contribution < 1.29 is 9.30 Å². The first-order chi connectivity index (χ1) is 6.25. The minimum atomic E-state index is 0.673. The van der Waals surface area contributed by atoms with Crippen LogP contribution in [0.2, 0.25) is 0 Å². The molecule has 0 aliphatic rings. The number of rotatable bonds is 5. The maximum atomic E-state index is 5.50. The Kier molecular flexibility index (Phi) is 3.96. The Morgan fingerprint density at radius 3 is 2.85 bits per heavy atom. The zero-order valence-electron chi connectivity index (χ0n) is 8.79. The van der Waals surface area contributed by atoms with Crippen LogP contribution in [0, 0.1) is 6.92 Å². The van der Waals surface area contributed by atoms with Crippen LogP contribution in [0.25, 0.3) is 0 Å². The van der Waals surface area contributed by atoms with Crippen LogP contribution in [0.15, 0.2) is 12.4 Å². The highest BCUT2D eigenvalue weighted by molar-refractivity contribution is 4.77. The third-order valence-electron chi connectivity index (χ3n) is 2.27.